The quantitative estimate of drug-likeness (QED) is 0.714. The highest BCUT2D eigenvalue weighted by Crippen LogP contribution is 2.27. The van der Waals surface area contributed by atoms with Crippen LogP contribution in [-0.4, -0.2) is 9.97 Å². The molecule has 0 fully saturated rings. The molecule has 1 aromatic carbocycles. The number of hydrogen-bond acceptors (Lipinski definition) is 3. The molecule has 0 bridgehead atoms. The van der Waals surface area contributed by atoms with Gasteiger partial charge in [-0.2, -0.15) is 18.2 Å². The lowest BCUT2D eigenvalue weighted by Crippen LogP contribution is -2.19. The summed E-state index contributed by atoms with van der Waals surface area (Å²) >= 11 is 0. The topological polar surface area (TPSA) is 58.9 Å². The Morgan fingerprint density at radius 3 is 2.60 bits per heavy atom. The summed E-state index contributed by atoms with van der Waals surface area (Å²) in [6.07, 6.45) is -2.09. The highest BCUT2D eigenvalue weighted by Gasteiger charge is 2.32. The molecule has 8 heteroatoms. The average Bonchev–Trinajstić information content (AvgIpc) is 3.01. The maximum atomic E-state index is 13.2. The van der Waals surface area contributed by atoms with Gasteiger partial charge in [0, 0.05) is 5.56 Å². The van der Waals surface area contributed by atoms with Gasteiger partial charge in [-0.25, -0.2) is 9.18 Å². The van der Waals surface area contributed by atoms with Gasteiger partial charge in [0.15, 0.2) is 0 Å². The van der Waals surface area contributed by atoms with Crippen LogP contribution < -0.4 is 5.69 Å². The van der Waals surface area contributed by atoms with E-state index in [1.165, 1.54) is 30.4 Å². The third kappa shape index (κ3) is 4.03. The molecule has 4 nitrogen and oxygen atoms in total. The third-order valence-electron chi connectivity index (χ3n) is 3.22. The molecule has 0 saturated carbocycles. The van der Waals surface area contributed by atoms with Gasteiger partial charge >= 0.3 is 11.9 Å². The van der Waals surface area contributed by atoms with E-state index in [0.717, 1.165) is 0 Å². The van der Waals surface area contributed by atoms with Crippen molar-refractivity contribution < 1.29 is 22.0 Å². The second kappa shape index (κ2) is 6.39. The molecular formula is C17H10F4N2O2. The van der Waals surface area contributed by atoms with Crippen LogP contribution in [0.15, 0.2) is 51.7 Å². The van der Waals surface area contributed by atoms with E-state index in [4.69, 9.17) is 4.42 Å². The SMILES string of the molecule is O=c1nc(C=Cc2ccc(-c3cccc(F)c3)o2)cc(C(F)(F)F)[nH]1. The molecule has 0 aliphatic carbocycles. The molecule has 128 valence electrons. The van der Waals surface area contributed by atoms with Crippen molar-refractivity contribution in [2.24, 2.45) is 0 Å². The van der Waals surface area contributed by atoms with Crippen LogP contribution in [0.5, 0.6) is 0 Å². The van der Waals surface area contributed by atoms with Crippen molar-refractivity contribution >= 4 is 12.2 Å². The van der Waals surface area contributed by atoms with Gasteiger partial charge < -0.3 is 9.40 Å². The lowest BCUT2D eigenvalue weighted by Gasteiger charge is -2.05. The van der Waals surface area contributed by atoms with Crippen molar-refractivity contribution in [2.45, 2.75) is 6.18 Å². The molecule has 0 aliphatic rings. The van der Waals surface area contributed by atoms with Crippen LogP contribution in [0.2, 0.25) is 0 Å². The Bertz CT molecular complexity index is 987. The maximum absolute atomic E-state index is 13.2. The summed E-state index contributed by atoms with van der Waals surface area (Å²) in [5.74, 6) is 0.294. The average molecular weight is 350 g/mol. The normalized spacial score (nSPS) is 12.0. The maximum Gasteiger partial charge on any atom is 0.431 e. The smallest absolute Gasteiger partial charge is 0.431 e. The van der Waals surface area contributed by atoms with Crippen molar-refractivity contribution in [3.05, 3.63) is 75.9 Å². The number of aromatic amines is 1. The Morgan fingerprint density at radius 2 is 1.88 bits per heavy atom. The summed E-state index contributed by atoms with van der Waals surface area (Å²) in [6, 6.07) is 9.65. The second-order valence-corrected chi connectivity index (χ2v) is 5.07. The van der Waals surface area contributed by atoms with Gasteiger partial charge in [-0.1, -0.05) is 12.1 Å². The molecule has 25 heavy (non-hydrogen) atoms. The highest BCUT2D eigenvalue weighted by molar-refractivity contribution is 5.67. The minimum Gasteiger partial charge on any atom is -0.457 e. The van der Waals surface area contributed by atoms with E-state index in [0.29, 0.717) is 23.2 Å². The van der Waals surface area contributed by atoms with Gasteiger partial charge in [0.1, 0.15) is 23.0 Å². The number of nitrogens with one attached hydrogen (secondary N) is 1. The lowest BCUT2D eigenvalue weighted by atomic mass is 10.2. The Morgan fingerprint density at radius 1 is 1.08 bits per heavy atom. The van der Waals surface area contributed by atoms with E-state index in [9.17, 15) is 22.4 Å². The monoisotopic (exact) mass is 350 g/mol. The van der Waals surface area contributed by atoms with Crippen LogP contribution in [0.3, 0.4) is 0 Å². The number of aromatic nitrogens is 2. The van der Waals surface area contributed by atoms with Crippen LogP contribution in [0.1, 0.15) is 17.1 Å². The minimum absolute atomic E-state index is 0.167. The molecule has 2 aromatic heterocycles. The number of nitrogens with zero attached hydrogens (tertiary/aromatic N) is 1. The molecule has 0 amide bonds. The second-order valence-electron chi connectivity index (χ2n) is 5.07. The predicted octanol–water partition coefficient (Wildman–Crippen LogP) is 4.36. The zero-order chi connectivity index (χ0) is 18.0. The first-order valence-corrected chi connectivity index (χ1v) is 7.04. The fourth-order valence-corrected chi connectivity index (χ4v) is 2.12. The number of halogens is 4. The Labute approximate surface area is 138 Å². The van der Waals surface area contributed by atoms with Crippen LogP contribution >= 0.6 is 0 Å². The molecule has 0 spiro atoms. The van der Waals surface area contributed by atoms with E-state index in [1.807, 2.05) is 0 Å². The van der Waals surface area contributed by atoms with Crippen molar-refractivity contribution in [3.8, 4) is 11.3 Å². The van der Waals surface area contributed by atoms with Crippen LogP contribution in [0.4, 0.5) is 17.6 Å². The van der Waals surface area contributed by atoms with Crippen molar-refractivity contribution in [3.63, 3.8) is 0 Å². The molecule has 2 heterocycles. The van der Waals surface area contributed by atoms with E-state index >= 15 is 0 Å². The van der Waals surface area contributed by atoms with Crippen LogP contribution in [-0.2, 0) is 6.18 Å². The number of benzene rings is 1. The van der Waals surface area contributed by atoms with Crippen molar-refractivity contribution in [1.29, 1.82) is 0 Å². The molecule has 1 N–H and O–H groups in total. The molecular weight excluding hydrogens is 340 g/mol. The van der Waals surface area contributed by atoms with Gasteiger partial charge in [0.2, 0.25) is 0 Å². The fourth-order valence-electron chi connectivity index (χ4n) is 2.12. The number of H-pyrrole nitrogens is 1. The van der Waals surface area contributed by atoms with Crippen LogP contribution in [0, 0.1) is 5.82 Å². The summed E-state index contributed by atoms with van der Waals surface area (Å²) in [5, 5.41) is 0. The molecule has 0 radical (unpaired) electrons. The van der Waals surface area contributed by atoms with Crippen LogP contribution in [0.25, 0.3) is 23.5 Å². The van der Waals surface area contributed by atoms with E-state index in [1.54, 1.807) is 23.2 Å². The van der Waals surface area contributed by atoms with Gasteiger partial charge in [-0.3, -0.25) is 0 Å². The van der Waals surface area contributed by atoms with Gasteiger partial charge in [0.05, 0.1) is 5.69 Å². The number of hydrogen-bond donors (Lipinski definition) is 1. The molecule has 0 aliphatic heterocycles. The molecule has 0 unspecified atom stereocenters. The number of rotatable bonds is 3. The first-order valence-electron chi connectivity index (χ1n) is 7.04. The molecule has 0 saturated heterocycles. The summed E-state index contributed by atoms with van der Waals surface area (Å²) in [4.78, 5) is 16.3. The largest absolute Gasteiger partial charge is 0.457 e. The molecule has 3 rings (SSSR count). The summed E-state index contributed by atoms with van der Waals surface area (Å²) in [7, 11) is 0. The van der Waals surface area contributed by atoms with Gasteiger partial charge in [-0.05, 0) is 42.5 Å². The van der Waals surface area contributed by atoms with Crippen molar-refractivity contribution in [1.82, 2.24) is 9.97 Å². The fraction of sp³-hybridized carbons (Fsp3) is 0.0588. The summed E-state index contributed by atoms with van der Waals surface area (Å²) in [5.41, 5.74) is -1.94. The first kappa shape index (κ1) is 16.7. The zero-order valence-electron chi connectivity index (χ0n) is 12.5. The highest BCUT2D eigenvalue weighted by atomic mass is 19.4. The lowest BCUT2D eigenvalue weighted by molar-refractivity contribution is -0.141. The first-order chi connectivity index (χ1) is 11.8. The van der Waals surface area contributed by atoms with Gasteiger partial charge in [0.25, 0.3) is 0 Å². The predicted molar refractivity (Wildman–Crippen MR) is 82.9 cm³/mol. The minimum atomic E-state index is -4.68. The Balaban J connectivity index is 1.86. The standard InChI is InChI=1S/C17H10F4N2O2/c18-11-3-1-2-10(8-11)14-7-6-13(25-14)5-4-12-9-15(17(19,20)21)23-16(24)22-12/h1-9H,(H,22,23,24). The summed E-state index contributed by atoms with van der Waals surface area (Å²) in [6.45, 7) is 0. The summed E-state index contributed by atoms with van der Waals surface area (Å²) < 4.78 is 56.7. The van der Waals surface area contributed by atoms with Gasteiger partial charge in [-0.15, -0.1) is 0 Å². The van der Waals surface area contributed by atoms with E-state index in [2.05, 4.69) is 4.98 Å². The van der Waals surface area contributed by atoms with Crippen molar-refractivity contribution in [2.75, 3.05) is 0 Å². The zero-order valence-corrected chi connectivity index (χ0v) is 12.5. The molecule has 3 aromatic rings. The van der Waals surface area contributed by atoms with E-state index in [-0.39, 0.29) is 5.69 Å². The van der Waals surface area contributed by atoms with E-state index < -0.39 is 23.4 Å². The Hall–Kier alpha value is -3.16. The third-order valence-corrected chi connectivity index (χ3v) is 3.22. The number of furan rings is 1. The number of alkyl halides is 3. The molecule has 0 atom stereocenters. The Kier molecular flexibility index (Phi) is 4.26.